The minimum absolute atomic E-state index is 0.0515. The lowest BCUT2D eigenvalue weighted by molar-refractivity contribution is -0.146. The van der Waals surface area contributed by atoms with Crippen molar-refractivity contribution in [2.24, 2.45) is 0 Å². The number of carbonyl (C=O) groups excluding carboxylic acids is 2. The number of nitrogens with one attached hydrogen (secondary N) is 2. The molecule has 1 aliphatic carbocycles. The Balaban J connectivity index is 3.30. The molecular formula is C20H32N2O8. The van der Waals surface area contributed by atoms with E-state index in [1.165, 1.54) is 6.92 Å². The van der Waals surface area contributed by atoms with Gasteiger partial charge in [0.05, 0.1) is 31.3 Å². The van der Waals surface area contributed by atoms with Crippen LogP contribution in [0.3, 0.4) is 0 Å². The maximum atomic E-state index is 12.4. The molecule has 0 radical (unpaired) electrons. The van der Waals surface area contributed by atoms with Crippen molar-refractivity contribution >= 4 is 23.8 Å². The average molecular weight is 428 g/mol. The van der Waals surface area contributed by atoms with Gasteiger partial charge in [-0.3, -0.25) is 19.7 Å². The Labute approximate surface area is 176 Å². The Kier molecular flexibility index (Phi) is 10.5. The molecule has 0 aromatic carbocycles. The second-order valence-electron chi connectivity index (χ2n) is 7.14. The van der Waals surface area contributed by atoms with Gasteiger partial charge in [-0.15, -0.1) is 0 Å². The van der Waals surface area contributed by atoms with Gasteiger partial charge >= 0.3 is 17.9 Å². The summed E-state index contributed by atoms with van der Waals surface area (Å²) < 4.78 is 11.2. The third-order valence-electron chi connectivity index (χ3n) is 4.85. The van der Waals surface area contributed by atoms with Gasteiger partial charge in [-0.2, -0.15) is 0 Å². The van der Waals surface area contributed by atoms with Crippen LogP contribution >= 0.6 is 0 Å². The molecule has 30 heavy (non-hydrogen) atoms. The first kappa shape index (κ1) is 25.6. The van der Waals surface area contributed by atoms with Crippen molar-refractivity contribution in [1.82, 2.24) is 10.6 Å². The van der Waals surface area contributed by atoms with Crippen molar-refractivity contribution in [3.8, 4) is 0 Å². The van der Waals surface area contributed by atoms with E-state index in [0.29, 0.717) is 12.8 Å². The quantitative estimate of drug-likeness (QED) is 0.331. The predicted octanol–water partition coefficient (Wildman–Crippen LogP) is 0.844. The highest BCUT2D eigenvalue weighted by atomic mass is 16.5. The molecule has 0 heterocycles. The molecule has 0 saturated heterocycles. The van der Waals surface area contributed by atoms with Crippen molar-refractivity contribution < 1.29 is 38.9 Å². The summed E-state index contributed by atoms with van der Waals surface area (Å²) in [4.78, 5) is 46.8. The fourth-order valence-electron chi connectivity index (χ4n) is 3.40. The van der Waals surface area contributed by atoms with Crippen molar-refractivity contribution in [2.45, 2.75) is 83.7 Å². The van der Waals surface area contributed by atoms with Gasteiger partial charge in [-0.05, 0) is 32.3 Å². The van der Waals surface area contributed by atoms with Crippen LogP contribution in [-0.2, 0) is 28.7 Å². The highest BCUT2D eigenvalue weighted by molar-refractivity contribution is 5.89. The minimum Gasteiger partial charge on any atom is -0.481 e. The monoisotopic (exact) mass is 428 g/mol. The molecule has 170 valence electrons. The van der Waals surface area contributed by atoms with Gasteiger partial charge in [0.1, 0.15) is 6.04 Å². The van der Waals surface area contributed by atoms with Crippen LogP contribution in [0.15, 0.2) is 11.6 Å². The molecule has 0 aliphatic heterocycles. The molecule has 10 heteroatoms. The minimum atomic E-state index is -1.40. The number of carbonyl (C=O) groups is 4. The average Bonchev–Trinajstić information content (AvgIpc) is 2.66. The van der Waals surface area contributed by atoms with Crippen molar-refractivity contribution in [3.63, 3.8) is 0 Å². The Morgan fingerprint density at radius 1 is 1.17 bits per heavy atom. The van der Waals surface area contributed by atoms with Crippen LogP contribution < -0.4 is 10.6 Å². The van der Waals surface area contributed by atoms with Crippen LogP contribution in [0.25, 0.3) is 0 Å². The number of rotatable bonds is 12. The molecule has 0 saturated carbocycles. The maximum Gasteiger partial charge on any atom is 0.333 e. The lowest BCUT2D eigenvalue weighted by Gasteiger charge is -2.39. The summed E-state index contributed by atoms with van der Waals surface area (Å²) in [5, 5.41) is 24.0. The molecule has 1 amide bonds. The van der Waals surface area contributed by atoms with Crippen LogP contribution in [0.4, 0.5) is 0 Å². The molecule has 1 unspecified atom stereocenters. The number of esters is 1. The van der Waals surface area contributed by atoms with Crippen LogP contribution in [0, 0.1) is 0 Å². The van der Waals surface area contributed by atoms with Gasteiger partial charge in [0, 0.05) is 18.5 Å². The summed E-state index contributed by atoms with van der Waals surface area (Å²) in [5.74, 6) is -3.55. The Hall–Kier alpha value is -2.46. The molecular weight excluding hydrogens is 396 g/mol. The first-order chi connectivity index (χ1) is 14.1. The number of carboxylic acids is 2. The van der Waals surface area contributed by atoms with E-state index in [1.54, 1.807) is 13.0 Å². The fourth-order valence-corrected chi connectivity index (χ4v) is 3.40. The molecule has 0 spiro atoms. The zero-order chi connectivity index (χ0) is 22.8. The molecule has 0 aromatic heterocycles. The van der Waals surface area contributed by atoms with Crippen LogP contribution in [-0.4, -0.2) is 71.0 Å². The van der Waals surface area contributed by atoms with E-state index in [0.717, 1.165) is 0 Å². The smallest absolute Gasteiger partial charge is 0.333 e. The van der Waals surface area contributed by atoms with E-state index in [9.17, 15) is 24.3 Å². The molecule has 0 fully saturated rings. The summed E-state index contributed by atoms with van der Waals surface area (Å²) >= 11 is 0. The molecule has 4 atom stereocenters. The number of aliphatic carboxylic acids is 2. The van der Waals surface area contributed by atoms with E-state index in [1.807, 2.05) is 13.8 Å². The van der Waals surface area contributed by atoms with Crippen LogP contribution in [0.1, 0.15) is 53.4 Å². The maximum absolute atomic E-state index is 12.4. The Bertz CT molecular complexity index is 659. The number of hydrogen-bond acceptors (Lipinski definition) is 7. The molecule has 0 bridgehead atoms. The first-order valence-electron chi connectivity index (χ1n) is 10.1. The molecule has 10 nitrogen and oxygen atoms in total. The van der Waals surface area contributed by atoms with Crippen LogP contribution in [0.2, 0.25) is 0 Å². The standard InChI is InChI=1S/C20H32N2O8/c1-5-13(6-2)30-16-9-12(20(28)29-7-3)8-14(18(16)21-11(4)23)22-15(19(26)27)10-17(24)25/h9,13-16,18,22H,5-8,10H2,1-4H3,(H,21,23)(H,24,25)(H,26,27)/t14-,15?,16+,18+/m1/s1. The highest BCUT2D eigenvalue weighted by Gasteiger charge is 2.39. The van der Waals surface area contributed by atoms with E-state index in [4.69, 9.17) is 14.6 Å². The van der Waals surface area contributed by atoms with Crippen molar-refractivity contribution in [2.75, 3.05) is 6.61 Å². The lowest BCUT2D eigenvalue weighted by atomic mass is 9.86. The second kappa shape index (κ2) is 12.3. The number of amides is 1. The molecule has 0 aromatic rings. The largest absolute Gasteiger partial charge is 0.481 e. The molecule has 1 aliphatic rings. The third kappa shape index (κ3) is 7.75. The van der Waals surface area contributed by atoms with Gasteiger partial charge in [-0.1, -0.05) is 13.8 Å². The topological polar surface area (TPSA) is 151 Å². The lowest BCUT2D eigenvalue weighted by Crippen LogP contribution is -2.61. The number of hydrogen-bond donors (Lipinski definition) is 4. The summed E-state index contributed by atoms with van der Waals surface area (Å²) in [6.07, 6.45) is 1.55. The summed E-state index contributed by atoms with van der Waals surface area (Å²) in [6.45, 7) is 7.05. The van der Waals surface area contributed by atoms with Crippen molar-refractivity contribution in [1.29, 1.82) is 0 Å². The number of carboxylic acid groups (broad SMARTS) is 2. The van der Waals surface area contributed by atoms with E-state index in [-0.39, 0.29) is 30.6 Å². The second-order valence-corrected chi connectivity index (χ2v) is 7.14. The normalized spacial score (nSPS) is 22.2. The first-order valence-corrected chi connectivity index (χ1v) is 10.1. The molecule has 1 rings (SSSR count). The molecule has 4 N–H and O–H groups in total. The van der Waals surface area contributed by atoms with E-state index in [2.05, 4.69) is 10.6 Å². The van der Waals surface area contributed by atoms with E-state index < -0.39 is 48.6 Å². The van der Waals surface area contributed by atoms with Gasteiger partial charge in [0.25, 0.3) is 0 Å². The van der Waals surface area contributed by atoms with E-state index >= 15 is 0 Å². The zero-order valence-electron chi connectivity index (χ0n) is 17.8. The van der Waals surface area contributed by atoms with Crippen LogP contribution in [0.5, 0.6) is 0 Å². The number of ether oxygens (including phenoxy) is 2. The fraction of sp³-hybridized carbons (Fsp3) is 0.700. The zero-order valence-corrected chi connectivity index (χ0v) is 17.8. The SMILES string of the molecule is CCOC(=O)C1=C[C@H](OC(CC)CC)[C@@H](NC(C)=O)[C@H](NC(CC(=O)O)C(=O)O)C1. The van der Waals surface area contributed by atoms with Gasteiger partial charge in [-0.25, -0.2) is 4.79 Å². The van der Waals surface area contributed by atoms with Crippen molar-refractivity contribution in [3.05, 3.63) is 11.6 Å². The Morgan fingerprint density at radius 2 is 1.80 bits per heavy atom. The summed E-state index contributed by atoms with van der Waals surface area (Å²) in [7, 11) is 0. The summed E-state index contributed by atoms with van der Waals surface area (Å²) in [5.41, 5.74) is 0.284. The highest BCUT2D eigenvalue weighted by Crippen LogP contribution is 2.26. The van der Waals surface area contributed by atoms with Gasteiger partial charge < -0.3 is 25.0 Å². The summed E-state index contributed by atoms with van der Waals surface area (Å²) in [6, 6.07) is -2.85. The predicted molar refractivity (Wildman–Crippen MR) is 107 cm³/mol. The van der Waals surface area contributed by atoms with Gasteiger partial charge in [0.2, 0.25) is 5.91 Å². The Morgan fingerprint density at radius 3 is 2.27 bits per heavy atom. The van der Waals surface area contributed by atoms with Gasteiger partial charge in [0.15, 0.2) is 0 Å². The third-order valence-corrected chi connectivity index (χ3v) is 4.85.